The number of rotatable bonds is 2. The molecule has 0 radical (unpaired) electrons. The molecular formula is C8H6ClN5. The third-order valence-electron chi connectivity index (χ3n) is 1.43. The van der Waals surface area contributed by atoms with Crippen molar-refractivity contribution in [2.75, 3.05) is 5.32 Å². The fraction of sp³-hybridized carbons (Fsp3) is 0. The lowest BCUT2D eigenvalue weighted by atomic mass is 10.6. The molecule has 0 saturated carbocycles. The van der Waals surface area contributed by atoms with Gasteiger partial charge in [0.1, 0.15) is 5.82 Å². The quantitative estimate of drug-likeness (QED) is 0.759. The van der Waals surface area contributed by atoms with Crippen LogP contribution >= 0.6 is 11.6 Å². The van der Waals surface area contributed by atoms with Crippen LogP contribution in [0.4, 0.5) is 11.8 Å². The van der Waals surface area contributed by atoms with E-state index in [0.717, 1.165) is 0 Å². The van der Waals surface area contributed by atoms with Gasteiger partial charge in [0.2, 0.25) is 11.2 Å². The minimum Gasteiger partial charge on any atom is -0.309 e. The van der Waals surface area contributed by atoms with Crippen LogP contribution in [0, 0.1) is 0 Å². The number of nitrogens with zero attached hydrogens (tertiary/aromatic N) is 4. The van der Waals surface area contributed by atoms with Crippen molar-refractivity contribution in [1.29, 1.82) is 0 Å². The molecule has 0 unspecified atom stereocenters. The highest BCUT2D eigenvalue weighted by atomic mass is 35.5. The molecule has 0 aliphatic heterocycles. The Hall–Kier alpha value is -1.75. The van der Waals surface area contributed by atoms with Crippen molar-refractivity contribution in [3.8, 4) is 0 Å². The molecule has 0 aromatic carbocycles. The average molecular weight is 208 g/mol. The Morgan fingerprint density at radius 3 is 2.57 bits per heavy atom. The molecule has 0 bridgehead atoms. The molecule has 0 aliphatic carbocycles. The summed E-state index contributed by atoms with van der Waals surface area (Å²) in [6, 6.07) is 3.42. The van der Waals surface area contributed by atoms with Gasteiger partial charge in [-0.1, -0.05) is 0 Å². The molecule has 70 valence electrons. The summed E-state index contributed by atoms with van der Waals surface area (Å²) in [5.41, 5.74) is 0. The molecule has 5 nitrogen and oxygen atoms in total. The van der Waals surface area contributed by atoms with Gasteiger partial charge in [-0.05, 0) is 23.7 Å². The summed E-state index contributed by atoms with van der Waals surface area (Å²) in [6.45, 7) is 0. The second-order valence-electron chi connectivity index (χ2n) is 2.41. The first-order chi connectivity index (χ1) is 6.84. The van der Waals surface area contributed by atoms with Crippen LogP contribution in [0.2, 0.25) is 5.28 Å². The molecule has 0 atom stereocenters. The van der Waals surface area contributed by atoms with E-state index in [1.807, 2.05) is 0 Å². The van der Waals surface area contributed by atoms with Crippen molar-refractivity contribution < 1.29 is 0 Å². The molecule has 0 fully saturated rings. The van der Waals surface area contributed by atoms with Crippen LogP contribution in [0.5, 0.6) is 0 Å². The Labute approximate surface area is 85.2 Å². The molecule has 0 spiro atoms. The van der Waals surface area contributed by atoms with Gasteiger partial charge in [0.15, 0.2) is 0 Å². The molecule has 2 aromatic rings. The highest BCUT2D eigenvalue weighted by Gasteiger charge is 1.98. The van der Waals surface area contributed by atoms with Crippen molar-refractivity contribution in [2.24, 2.45) is 0 Å². The van der Waals surface area contributed by atoms with Crippen LogP contribution in [0.15, 0.2) is 30.7 Å². The molecular weight excluding hydrogens is 202 g/mol. The summed E-state index contributed by atoms with van der Waals surface area (Å²) in [6.07, 6.45) is 4.83. The van der Waals surface area contributed by atoms with Gasteiger partial charge in [-0.3, -0.25) is 0 Å². The van der Waals surface area contributed by atoms with E-state index in [1.54, 1.807) is 30.7 Å². The Morgan fingerprint density at radius 2 is 1.86 bits per heavy atom. The third-order valence-corrected chi connectivity index (χ3v) is 1.61. The Morgan fingerprint density at radius 1 is 1.07 bits per heavy atom. The maximum atomic E-state index is 5.61. The smallest absolute Gasteiger partial charge is 0.228 e. The van der Waals surface area contributed by atoms with E-state index in [-0.39, 0.29) is 5.28 Å². The standard InChI is InChI=1S/C8H6ClN5/c9-7-10-5-2-6(13-7)14-8-11-3-1-4-12-8/h1-5H,(H,10,11,12,13,14). The largest absolute Gasteiger partial charge is 0.309 e. The van der Waals surface area contributed by atoms with Gasteiger partial charge >= 0.3 is 0 Å². The van der Waals surface area contributed by atoms with Crippen molar-refractivity contribution in [2.45, 2.75) is 0 Å². The fourth-order valence-electron chi connectivity index (χ4n) is 0.883. The minimum atomic E-state index is 0.186. The van der Waals surface area contributed by atoms with E-state index >= 15 is 0 Å². The summed E-state index contributed by atoms with van der Waals surface area (Å²) in [7, 11) is 0. The Balaban J connectivity index is 2.19. The summed E-state index contributed by atoms with van der Waals surface area (Å²) in [5.74, 6) is 1.04. The van der Waals surface area contributed by atoms with Crippen LogP contribution in [-0.4, -0.2) is 19.9 Å². The molecule has 14 heavy (non-hydrogen) atoms. The van der Waals surface area contributed by atoms with Crippen molar-refractivity contribution in [1.82, 2.24) is 19.9 Å². The lowest BCUT2D eigenvalue weighted by Gasteiger charge is -2.01. The molecule has 0 saturated heterocycles. The van der Waals surface area contributed by atoms with Crippen LogP contribution < -0.4 is 5.32 Å². The highest BCUT2D eigenvalue weighted by Crippen LogP contribution is 2.09. The highest BCUT2D eigenvalue weighted by molar-refractivity contribution is 6.28. The summed E-state index contributed by atoms with van der Waals surface area (Å²) in [4.78, 5) is 15.6. The first kappa shape index (κ1) is 8.83. The molecule has 1 N–H and O–H groups in total. The second-order valence-corrected chi connectivity index (χ2v) is 2.75. The van der Waals surface area contributed by atoms with Crippen LogP contribution in [0.3, 0.4) is 0 Å². The minimum absolute atomic E-state index is 0.186. The zero-order chi connectivity index (χ0) is 9.80. The monoisotopic (exact) mass is 207 g/mol. The maximum absolute atomic E-state index is 5.61. The number of hydrogen-bond acceptors (Lipinski definition) is 5. The fourth-order valence-corrected chi connectivity index (χ4v) is 1.03. The Kier molecular flexibility index (Phi) is 2.51. The molecule has 0 amide bonds. The van der Waals surface area contributed by atoms with Gasteiger partial charge in [-0.2, -0.15) is 0 Å². The summed E-state index contributed by atoms with van der Waals surface area (Å²) in [5, 5.41) is 3.07. The number of nitrogens with one attached hydrogen (secondary N) is 1. The molecule has 6 heteroatoms. The van der Waals surface area contributed by atoms with Crippen molar-refractivity contribution in [3.05, 3.63) is 36.0 Å². The lowest BCUT2D eigenvalue weighted by molar-refractivity contribution is 1.12. The zero-order valence-corrected chi connectivity index (χ0v) is 7.81. The summed E-state index contributed by atoms with van der Waals surface area (Å²) < 4.78 is 0. The van der Waals surface area contributed by atoms with Crippen LogP contribution in [0.1, 0.15) is 0 Å². The normalized spacial score (nSPS) is 9.79. The first-order valence-electron chi connectivity index (χ1n) is 3.87. The van der Waals surface area contributed by atoms with Gasteiger partial charge < -0.3 is 5.32 Å². The average Bonchev–Trinajstić information content (AvgIpc) is 2.19. The second kappa shape index (κ2) is 3.97. The number of halogens is 1. The molecule has 0 aliphatic rings. The number of aromatic nitrogens is 4. The van der Waals surface area contributed by atoms with Crippen LogP contribution in [0.25, 0.3) is 0 Å². The maximum Gasteiger partial charge on any atom is 0.228 e. The van der Waals surface area contributed by atoms with E-state index in [1.165, 1.54) is 0 Å². The van der Waals surface area contributed by atoms with Crippen LogP contribution in [-0.2, 0) is 0 Å². The van der Waals surface area contributed by atoms with Gasteiger partial charge in [-0.25, -0.2) is 19.9 Å². The molecule has 2 aromatic heterocycles. The van der Waals surface area contributed by atoms with Gasteiger partial charge in [0.05, 0.1) is 0 Å². The molecule has 2 heterocycles. The Bertz CT molecular complexity index is 419. The third kappa shape index (κ3) is 2.14. The first-order valence-corrected chi connectivity index (χ1v) is 4.25. The predicted octanol–water partition coefficient (Wildman–Crippen LogP) is 1.66. The van der Waals surface area contributed by atoms with Gasteiger partial charge in [0, 0.05) is 18.6 Å². The number of anilines is 2. The zero-order valence-electron chi connectivity index (χ0n) is 7.05. The van der Waals surface area contributed by atoms with E-state index < -0.39 is 0 Å². The predicted molar refractivity (Wildman–Crippen MR) is 52.4 cm³/mol. The lowest BCUT2D eigenvalue weighted by Crippen LogP contribution is -1.98. The van der Waals surface area contributed by atoms with Crippen molar-refractivity contribution in [3.63, 3.8) is 0 Å². The van der Waals surface area contributed by atoms with E-state index in [9.17, 15) is 0 Å². The van der Waals surface area contributed by atoms with Gasteiger partial charge in [0.25, 0.3) is 0 Å². The summed E-state index contributed by atoms with van der Waals surface area (Å²) >= 11 is 5.61. The topological polar surface area (TPSA) is 63.6 Å². The SMILES string of the molecule is Clc1nccc(Nc2ncccn2)n1. The van der Waals surface area contributed by atoms with Crippen molar-refractivity contribution >= 4 is 23.4 Å². The molecule has 2 rings (SSSR count). The van der Waals surface area contributed by atoms with E-state index in [4.69, 9.17) is 11.6 Å². The van der Waals surface area contributed by atoms with Gasteiger partial charge in [-0.15, -0.1) is 0 Å². The van der Waals surface area contributed by atoms with E-state index in [0.29, 0.717) is 11.8 Å². The van der Waals surface area contributed by atoms with E-state index in [2.05, 4.69) is 25.3 Å². The number of hydrogen-bond donors (Lipinski definition) is 1.